The van der Waals surface area contributed by atoms with Gasteiger partial charge in [0.15, 0.2) is 11.9 Å². The number of halogens is 1. The second-order valence-corrected chi connectivity index (χ2v) is 8.85. The third-order valence-corrected chi connectivity index (χ3v) is 6.49. The number of aromatic nitrogens is 2. The molecule has 0 spiro atoms. The second kappa shape index (κ2) is 10.9. The first-order chi connectivity index (χ1) is 17.8. The summed E-state index contributed by atoms with van der Waals surface area (Å²) in [6.45, 7) is 3.94. The van der Waals surface area contributed by atoms with Gasteiger partial charge in [-0.15, -0.1) is 0 Å². The number of carboxylic acid groups (broad SMARTS) is 1. The minimum Gasteiger partial charge on any atom is -0.497 e. The van der Waals surface area contributed by atoms with Crippen LogP contribution in [0.15, 0.2) is 54.6 Å². The van der Waals surface area contributed by atoms with Gasteiger partial charge in [-0.3, -0.25) is 4.79 Å². The van der Waals surface area contributed by atoms with E-state index in [2.05, 4.69) is 4.98 Å². The molecule has 0 saturated carbocycles. The zero-order chi connectivity index (χ0) is 26.7. The molecule has 0 aliphatic carbocycles. The van der Waals surface area contributed by atoms with Crippen LogP contribution >= 0.6 is 11.6 Å². The fourth-order valence-corrected chi connectivity index (χ4v) is 4.34. The summed E-state index contributed by atoms with van der Waals surface area (Å²) >= 11 is 6.30. The summed E-state index contributed by atoms with van der Waals surface area (Å²) in [7, 11) is 3.11. The van der Waals surface area contributed by atoms with Crippen LogP contribution in [0.4, 0.5) is 0 Å². The van der Waals surface area contributed by atoms with E-state index in [1.807, 2.05) is 23.6 Å². The minimum absolute atomic E-state index is 0.136. The Kier molecular flexibility index (Phi) is 7.69. The summed E-state index contributed by atoms with van der Waals surface area (Å²) in [5, 5.41) is 10.4. The van der Waals surface area contributed by atoms with Crippen molar-refractivity contribution in [1.82, 2.24) is 9.55 Å². The van der Waals surface area contributed by atoms with Crippen molar-refractivity contribution in [2.75, 3.05) is 14.2 Å². The van der Waals surface area contributed by atoms with Crippen LogP contribution in [0.2, 0.25) is 5.02 Å². The quantitative estimate of drug-likeness (QED) is 0.273. The van der Waals surface area contributed by atoms with E-state index in [1.165, 1.54) is 7.11 Å². The predicted molar refractivity (Wildman–Crippen MR) is 140 cm³/mol. The molecule has 1 N–H and O–H groups in total. The van der Waals surface area contributed by atoms with Crippen molar-refractivity contribution in [1.29, 1.82) is 0 Å². The lowest BCUT2D eigenvalue weighted by Gasteiger charge is -2.16. The molecule has 0 amide bonds. The highest BCUT2D eigenvalue weighted by Gasteiger charge is 2.24. The van der Waals surface area contributed by atoms with Gasteiger partial charge in [0.2, 0.25) is 5.88 Å². The van der Waals surface area contributed by atoms with Crippen molar-refractivity contribution in [3.63, 3.8) is 0 Å². The number of fused-ring (bicyclic) bond motifs is 1. The summed E-state index contributed by atoms with van der Waals surface area (Å²) < 4.78 is 18.2. The lowest BCUT2D eigenvalue weighted by Crippen LogP contribution is -2.26. The number of rotatable bonds is 10. The van der Waals surface area contributed by atoms with Crippen LogP contribution in [0.3, 0.4) is 0 Å². The largest absolute Gasteiger partial charge is 0.497 e. The highest BCUT2D eigenvalue weighted by Crippen LogP contribution is 2.32. The van der Waals surface area contributed by atoms with Crippen molar-refractivity contribution in [3.05, 3.63) is 82.0 Å². The molecule has 9 heteroatoms. The number of ketones is 1. The monoisotopic (exact) mass is 522 g/mol. The molecule has 192 valence electrons. The van der Waals surface area contributed by atoms with Crippen molar-refractivity contribution >= 4 is 34.4 Å². The van der Waals surface area contributed by atoms with Crippen LogP contribution in [0.1, 0.15) is 40.5 Å². The van der Waals surface area contributed by atoms with Crippen molar-refractivity contribution in [3.8, 4) is 17.4 Å². The molecule has 2 aromatic heterocycles. The molecule has 2 heterocycles. The van der Waals surface area contributed by atoms with Crippen LogP contribution in [0.25, 0.3) is 11.0 Å². The maximum absolute atomic E-state index is 13.6. The lowest BCUT2D eigenvalue weighted by molar-refractivity contribution is -0.145. The Morgan fingerprint density at radius 2 is 1.78 bits per heavy atom. The van der Waals surface area contributed by atoms with Gasteiger partial charge in [-0.25, -0.2) is 4.79 Å². The Hall–Kier alpha value is -4.04. The van der Waals surface area contributed by atoms with Crippen LogP contribution in [0, 0.1) is 6.92 Å². The van der Waals surface area contributed by atoms with Crippen LogP contribution < -0.4 is 14.2 Å². The highest BCUT2D eigenvalue weighted by atomic mass is 35.5. The standard InChI is InChI=1S/C28H27ClN2O6/c1-5-22(28(33)34)37-23-14-17(6-12-21(23)29)15-31-16(2)25(20-11-13-24(36-4)30-27(20)31)26(32)18-7-9-19(35-3)10-8-18/h6-14,22H,5,15H2,1-4H3,(H,33,34). The maximum Gasteiger partial charge on any atom is 0.344 e. The first-order valence-corrected chi connectivity index (χ1v) is 12.1. The molecule has 0 bridgehead atoms. The number of hydrogen-bond donors (Lipinski definition) is 1. The van der Waals surface area contributed by atoms with Gasteiger partial charge in [-0.05, 0) is 61.4 Å². The Bertz CT molecular complexity index is 1460. The van der Waals surface area contributed by atoms with Gasteiger partial charge in [-0.2, -0.15) is 4.98 Å². The second-order valence-electron chi connectivity index (χ2n) is 8.45. The summed E-state index contributed by atoms with van der Waals surface area (Å²) in [6, 6.07) is 15.7. The van der Waals surface area contributed by atoms with Gasteiger partial charge >= 0.3 is 5.97 Å². The molecular weight excluding hydrogens is 496 g/mol. The number of benzene rings is 2. The number of aliphatic carboxylic acids is 1. The number of carbonyl (C=O) groups excluding carboxylic acids is 1. The zero-order valence-electron chi connectivity index (χ0n) is 20.9. The van der Waals surface area contributed by atoms with Crippen molar-refractivity contribution in [2.45, 2.75) is 32.9 Å². The number of pyridine rings is 1. The maximum atomic E-state index is 13.6. The topological polar surface area (TPSA) is 99.9 Å². The molecule has 2 aromatic carbocycles. The summed E-state index contributed by atoms with van der Waals surface area (Å²) in [6.07, 6.45) is -0.723. The first kappa shape index (κ1) is 26.0. The van der Waals surface area contributed by atoms with Gasteiger partial charge < -0.3 is 23.9 Å². The SMILES string of the molecule is CCC(Oc1cc(Cn2c(C)c(C(=O)c3ccc(OC)cc3)c3ccc(OC)nc32)ccc1Cl)C(=O)O. The zero-order valence-corrected chi connectivity index (χ0v) is 21.7. The molecule has 8 nitrogen and oxygen atoms in total. The number of nitrogens with zero attached hydrogens (tertiary/aromatic N) is 2. The summed E-state index contributed by atoms with van der Waals surface area (Å²) in [4.78, 5) is 29.7. The van der Waals surface area contributed by atoms with E-state index < -0.39 is 12.1 Å². The molecule has 0 radical (unpaired) electrons. The molecule has 4 rings (SSSR count). The molecule has 0 fully saturated rings. The third kappa shape index (κ3) is 5.24. The normalized spacial score (nSPS) is 11.8. The number of hydrogen-bond acceptors (Lipinski definition) is 6. The predicted octanol–water partition coefficient (Wildman–Crippen LogP) is 5.54. The van der Waals surface area contributed by atoms with E-state index in [-0.39, 0.29) is 18.0 Å². The number of methoxy groups -OCH3 is 2. The fraction of sp³-hybridized carbons (Fsp3) is 0.250. The molecule has 0 aliphatic heterocycles. The molecule has 37 heavy (non-hydrogen) atoms. The molecule has 0 aliphatic rings. The Balaban J connectivity index is 1.79. The van der Waals surface area contributed by atoms with Gasteiger partial charge in [0.05, 0.1) is 24.8 Å². The van der Waals surface area contributed by atoms with Crippen LogP contribution in [0.5, 0.6) is 17.4 Å². The first-order valence-electron chi connectivity index (χ1n) is 11.7. The van der Waals surface area contributed by atoms with Crippen molar-refractivity contribution in [2.24, 2.45) is 0 Å². The average molecular weight is 523 g/mol. The lowest BCUT2D eigenvalue weighted by atomic mass is 10.0. The Morgan fingerprint density at radius 3 is 2.41 bits per heavy atom. The smallest absolute Gasteiger partial charge is 0.344 e. The van der Waals surface area contributed by atoms with Gasteiger partial charge in [0.25, 0.3) is 0 Å². The highest BCUT2D eigenvalue weighted by molar-refractivity contribution is 6.32. The van der Waals surface area contributed by atoms with Crippen LogP contribution in [-0.4, -0.2) is 46.7 Å². The van der Waals surface area contributed by atoms with E-state index in [9.17, 15) is 14.7 Å². The number of ether oxygens (including phenoxy) is 3. The van der Waals surface area contributed by atoms with Crippen molar-refractivity contribution < 1.29 is 28.9 Å². The number of carbonyl (C=O) groups is 2. The Labute approximate surface area is 219 Å². The Morgan fingerprint density at radius 1 is 1.05 bits per heavy atom. The molecule has 1 unspecified atom stereocenters. The van der Waals surface area contributed by atoms with Gasteiger partial charge in [0, 0.05) is 29.3 Å². The molecule has 1 atom stereocenters. The van der Waals surface area contributed by atoms with E-state index >= 15 is 0 Å². The minimum atomic E-state index is -1.06. The molecule has 0 saturated heterocycles. The third-order valence-electron chi connectivity index (χ3n) is 6.18. The summed E-state index contributed by atoms with van der Waals surface area (Å²) in [5.74, 6) is 0.165. The molecule has 4 aromatic rings. The van der Waals surface area contributed by atoms with E-state index in [0.717, 1.165) is 11.3 Å². The van der Waals surface area contributed by atoms with E-state index in [4.69, 9.17) is 25.8 Å². The average Bonchev–Trinajstić information content (AvgIpc) is 3.18. The van der Waals surface area contributed by atoms with Gasteiger partial charge in [-0.1, -0.05) is 24.6 Å². The number of carboxylic acids is 1. The van der Waals surface area contributed by atoms with Gasteiger partial charge in [0.1, 0.15) is 17.1 Å². The molecular formula is C28H27ClN2O6. The van der Waals surface area contributed by atoms with Crippen LogP contribution in [-0.2, 0) is 11.3 Å². The summed E-state index contributed by atoms with van der Waals surface area (Å²) in [5.41, 5.74) is 3.18. The van der Waals surface area contributed by atoms with E-state index in [0.29, 0.717) is 45.4 Å². The fourth-order valence-electron chi connectivity index (χ4n) is 4.18. The van der Waals surface area contributed by atoms with E-state index in [1.54, 1.807) is 56.5 Å².